The van der Waals surface area contributed by atoms with Crippen LogP contribution in [0.3, 0.4) is 0 Å². The largest absolute Gasteiger partial charge is 0.489 e. The fourth-order valence-corrected chi connectivity index (χ4v) is 3.56. The molecular formula is C22H26ClFN2O2. The van der Waals surface area contributed by atoms with E-state index in [1.807, 2.05) is 38.1 Å². The van der Waals surface area contributed by atoms with E-state index < -0.39 is 0 Å². The molecule has 1 saturated heterocycles. The van der Waals surface area contributed by atoms with Crippen molar-refractivity contribution in [3.63, 3.8) is 0 Å². The quantitative estimate of drug-likeness (QED) is 0.726. The van der Waals surface area contributed by atoms with Crippen LogP contribution >= 0.6 is 11.6 Å². The average Bonchev–Trinajstić information content (AvgIpc) is 2.66. The number of hydrogen-bond donors (Lipinski definition) is 1. The monoisotopic (exact) mass is 404 g/mol. The fraction of sp³-hybridized carbons (Fsp3) is 0.409. The number of amides is 1. The van der Waals surface area contributed by atoms with Gasteiger partial charge in [0, 0.05) is 23.0 Å². The lowest BCUT2D eigenvalue weighted by atomic mass is 9.95. The second kappa shape index (κ2) is 9.39. The van der Waals surface area contributed by atoms with Crippen LogP contribution in [-0.2, 0) is 11.3 Å². The number of hydrogen-bond acceptors (Lipinski definition) is 3. The van der Waals surface area contributed by atoms with Gasteiger partial charge in [0.1, 0.15) is 11.6 Å². The molecule has 0 unspecified atom stereocenters. The number of carbonyl (C=O) groups is 1. The summed E-state index contributed by atoms with van der Waals surface area (Å²) in [5.74, 6) is 0.353. The molecule has 0 spiro atoms. The van der Waals surface area contributed by atoms with Crippen molar-refractivity contribution < 1.29 is 13.9 Å². The second-order valence-corrected chi connectivity index (χ2v) is 7.87. The average molecular weight is 405 g/mol. The normalized spacial score (nSPS) is 15.6. The van der Waals surface area contributed by atoms with E-state index in [4.69, 9.17) is 16.3 Å². The number of benzene rings is 2. The van der Waals surface area contributed by atoms with Gasteiger partial charge in [-0.15, -0.1) is 0 Å². The van der Waals surface area contributed by atoms with Gasteiger partial charge in [-0.1, -0.05) is 29.8 Å². The molecule has 0 aliphatic carbocycles. The molecule has 3 rings (SSSR count). The van der Waals surface area contributed by atoms with E-state index in [9.17, 15) is 9.18 Å². The summed E-state index contributed by atoms with van der Waals surface area (Å²) in [6.07, 6.45) is 1.53. The summed E-state index contributed by atoms with van der Waals surface area (Å²) in [5, 5.41) is 3.41. The predicted molar refractivity (Wildman–Crippen MR) is 110 cm³/mol. The van der Waals surface area contributed by atoms with Crippen LogP contribution in [0.5, 0.6) is 5.75 Å². The summed E-state index contributed by atoms with van der Waals surface area (Å²) in [4.78, 5) is 14.9. The zero-order valence-corrected chi connectivity index (χ0v) is 17.0. The number of ether oxygens (including phenoxy) is 1. The minimum Gasteiger partial charge on any atom is -0.489 e. The molecule has 1 aliphatic heterocycles. The first kappa shape index (κ1) is 20.6. The van der Waals surface area contributed by atoms with Gasteiger partial charge >= 0.3 is 0 Å². The Balaban J connectivity index is 1.54. The van der Waals surface area contributed by atoms with Crippen molar-refractivity contribution in [3.05, 3.63) is 58.9 Å². The van der Waals surface area contributed by atoms with Gasteiger partial charge in [-0.25, -0.2) is 4.39 Å². The van der Waals surface area contributed by atoms with Gasteiger partial charge < -0.3 is 10.1 Å². The highest BCUT2D eigenvalue weighted by molar-refractivity contribution is 6.30. The number of para-hydroxylation sites is 2. The Labute approximate surface area is 170 Å². The van der Waals surface area contributed by atoms with E-state index in [0.717, 1.165) is 25.9 Å². The molecule has 6 heteroatoms. The number of likely N-dealkylation sites (tertiary alicyclic amines) is 1. The van der Waals surface area contributed by atoms with Gasteiger partial charge in [0.05, 0.1) is 11.8 Å². The molecule has 1 amide bonds. The standard InChI is InChI=1S/C22H26ClFN2O2/c1-15(2)28-21-6-4-3-5-20(21)25-22(27)16-9-11-26(12-10-16)14-17-7-8-18(23)13-19(17)24/h3-8,13,15-16H,9-12,14H2,1-2H3,(H,25,27). The van der Waals surface area contributed by atoms with Crippen molar-refractivity contribution in [2.24, 2.45) is 5.92 Å². The van der Waals surface area contributed by atoms with E-state index in [-0.39, 0.29) is 23.7 Å². The van der Waals surface area contributed by atoms with Crippen molar-refractivity contribution in [1.29, 1.82) is 0 Å². The van der Waals surface area contributed by atoms with Crippen LogP contribution in [0.25, 0.3) is 0 Å². The SMILES string of the molecule is CC(C)Oc1ccccc1NC(=O)C1CCN(Cc2ccc(Cl)cc2F)CC1. The van der Waals surface area contributed by atoms with Gasteiger partial charge in [-0.2, -0.15) is 0 Å². The Hall–Kier alpha value is -2.11. The van der Waals surface area contributed by atoms with Crippen molar-refractivity contribution in [2.75, 3.05) is 18.4 Å². The maximum atomic E-state index is 14.0. The van der Waals surface area contributed by atoms with E-state index in [2.05, 4.69) is 10.2 Å². The van der Waals surface area contributed by atoms with E-state index in [1.54, 1.807) is 12.1 Å². The first-order valence-electron chi connectivity index (χ1n) is 9.65. The summed E-state index contributed by atoms with van der Waals surface area (Å²) in [6.45, 7) is 5.95. The third-order valence-electron chi connectivity index (χ3n) is 4.88. The van der Waals surface area contributed by atoms with Crippen molar-refractivity contribution in [2.45, 2.75) is 39.3 Å². The maximum absolute atomic E-state index is 14.0. The molecule has 1 fully saturated rings. The van der Waals surface area contributed by atoms with Gasteiger partial charge in [-0.3, -0.25) is 9.69 Å². The highest BCUT2D eigenvalue weighted by Crippen LogP contribution is 2.27. The van der Waals surface area contributed by atoms with E-state index in [1.165, 1.54) is 6.07 Å². The van der Waals surface area contributed by atoms with Crippen LogP contribution in [0.15, 0.2) is 42.5 Å². The van der Waals surface area contributed by atoms with Crippen molar-refractivity contribution in [1.82, 2.24) is 4.90 Å². The molecule has 28 heavy (non-hydrogen) atoms. The number of anilines is 1. The van der Waals surface area contributed by atoms with E-state index >= 15 is 0 Å². The molecule has 2 aromatic carbocycles. The molecule has 0 bridgehead atoms. The number of nitrogens with one attached hydrogen (secondary N) is 1. The molecule has 4 nitrogen and oxygen atoms in total. The lowest BCUT2D eigenvalue weighted by Gasteiger charge is -2.31. The van der Waals surface area contributed by atoms with Crippen LogP contribution in [0.1, 0.15) is 32.3 Å². The van der Waals surface area contributed by atoms with Crippen molar-refractivity contribution in [3.8, 4) is 5.75 Å². The Kier molecular flexibility index (Phi) is 6.92. The van der Waals surface area contributed by atoms with Gasteiger partial charge in [0.15, 0.2) is 0 Å². The highest BCUT2D eigenvalue weighted by atomic mass is 35.5. The highest BCUT2D eigenvalue weighted by Gasteiger charge is 2.26. The fourth-order valence-electron chi connectivity index (χ4n) is 3.41. The Morgan fingerprint density at radius 3 is 2.64 bits per heavy atom. The number of halogens is 2. The molecule has 2 aromatic rings. The number of piperidine rings is 1. The molecular weight excluding hydrogens is 379 g/mol. The van der Waals surface area contributed by atoms with Crippen molar-refractivity contribution >= 4 is 23.2 Å². The van der Waals surface area contributed by atoms with Gasteiger partial charge in [0.2, 0.25) is 5.91 Å². The molecule has 0 radical (unpaired) electrons. The summed E-state index contributed by atoms with van der Waals surface area (Å²) < 4.78 is 19.8. The first-order valence-corrected chi connectivity index (χ1v) is 10.0. The third-order valence-corrected chi connectivity index (χ3v) is 5.11. The predicted octanol–water partition coefficient (Wildman–Crippen LogP) is 5.12. The van der Waals surface area contributed by atoms with Crippen LogP contribution < -0.4 is 10.1 Å². The molecule has 150 valence electrons. The lowest BCUT2D eigenvalue weighted by molar-refractivity contribution is -0.121. The van der Waals surface area contributed by atoms with Crippen LogP contribution in [0.2, 0.25) is 5.02 Å². The minimum atomic E-state index is -0.283. The van der Waals surface area contributed by atoms with Crippen LogP contribution in [0.4, 0.5) is 10.1 Å². The second-order valence-electron chi connectivity index (χ2n) is 7.44. The Bertz CT molecular complexity index is 820. The van der Waals surface area contributed by atoms with Crippen LogP contribution in [0, 0.1) is 11.7 Å². The molecule has 0 atom stereocenters. The smallest absolute Gasteiger partial charge is 0.227 e. The first-order chi connectivity index (χ1) is 13.4. The van der Waals surface area contributed by atoms with Gasteiger partial charge in [0.25, 0.3) is 0 Å². The lowest BCUT2D eigenvalue weighted by Crippen LogP contribution is -2.38. The topological polar surface area (TPSA) is 41.6 Å². The summed E-state index contributed by atoms with van der Waals surface area (Å²) >= 11 is 5.81. The van der Waals surface area contributed by atoms with E-state index in [0.29, 0.717) is 28.6 Å². The third kappa shape index (κ3) is 5.46. The zero-order valence-electron chi connectivity index (χ0n) is 16.3. The molecule has 1 heterocycles. The molecule has 0 aromatic heterocycles. The van der Waals surface area contributed by atoms with Gasteiger partial charge in [-0.05, 0) is 64.0 Å². The maximum Gasteiger partial charge on any atom is 0.227 e. The number of rotatable bonds is 6. The Morgan fingerprint density at radius 1 is 1.25 bits per heavy atom. The minimum absolute atomic E-state index is 0.0112. The molecule has 0 saturated carbocycles. The zero-order chi connectivity index (χ0) is 20.1. The van der Waals surface area contributed by atoms with Crippen LogP contribution in [-0.4, -0.2) is 30.0 Å². The molecule has 1 aliphatic rings. The number of carbonyl (C=O) groups excluding carboxylic acids is 1. The number of nitrogens with zero attached hydrogens (tertiary/aromatic N) is 1. The summed E-state index contributed by atoms with van der Waals surface area (Å²) in [6, 6.07) is 12.3. The molecule has 1 N–H and O–H groups in total. The Morgan fingerprint density at radius 2 is 1.96 bits per heavy atom. The summed E-state index contributed by atoms with van der Waals surface area (Å²) in [7, 11) is 0. The summed E-state index contributed by atoms with van der Waals surface area (Å²) in [5.41, 5.74) is 1.33.